The van der Waals surface area contributed by atoms with E-state index in [1.807, 2.05) is 24.3 Å². The molecule has 1 aliphatic carbocycles. The molecule has 1 aliphatic rings. The second-order valence-electron chi connectivity index (χ2n) is 7.46. The SMILES string of the molecule is Cc1ccc(C)c(Sc2ccc(NC(=O)CN(C)CC(=O)NC3CC3)cc2)c1. The van der Waals surface area contributed by atoms with Gasteiger partial charge in [0, 0.05) is 21.5 Å². The number of rotatable bonds is 8. The minimum Gasteiger partial charge on any atom is -0.352 e. The number of hydrogen-bond donors (Lipinski definition) is 2. The number of carbonyl (C=O) groups excluding carboxylic acids is 2. The van der Waals surface area contributed by atoms with Gasteiger partial charge >= 0.3 is 0 Å². The van der Waals surface area contributed by atoms with E-state index in [0.717, 1.165) is 23.4 Å². The van der Waals surface area contributed by atoms with Gasteiger partial charge in [-0.25, -0.2) is 0 Å². The first-order valence-electron chi connectivity index (χ1n) is 9.52. The number of aryl methyl sites for hydroxylation is 2. The monoisotopic (exact) mass is 397 g/mol. The minimum atomic E-state index is -0.128. The summed E-state index contributed by atoms with van der Waals surface area (Å²) in [7, 11) is 1.77. The molecule has 2 N–H and O–H groups in total. The van der Waals surface area contributed by atoms with Crippen LogP contribution in [-0.2, 0) is 9.59 Å². The Morgan fingerprint density at radius 3 is 2.39 bits per heavy atom. The van der Waals surface area contributed by atoms with Crippen molar-refractivity contribution >= 4 is 29.3 Å². The molecular formula is C22H27N3O2S. The zero-order chi connectivity index (χ0) is 20.1. The summed E-state index contributed by atoms with van der Waals surface area (Å²) in [5.41, 5.74) is 3.25. The molecule has 2 amide bonds. The van der Waals surface area contributed by atoms with E-state index in [1.54, 1.807) is 23.7 Å². The average molecular weight is 398 g/mol. The molecule has 0 heterocycles. The summed E-state index contributed by atoms with van der Waals surface area (Å²) in [5.74, 6) is -0.151. The predicted molar refractivity (Wildman–Crippen MR) is 114 cm³/mol. The summed E-state index contributed by atoms with van der Waals surface area (Å²) in [6, 6.07) is 14.6. The van der Waals surface area contributed by atoms with Crippen LogP contribution in [0.3, 0.4) is 0 Å². The van der Waals surface area contributed by atoms with Gasteiger partial charge in [-0.15, -0.1) is 0 Å². The van der Waals surface area contributed by atoms with Crippen LogP contribution >= 0.6 is 11.8 Å². The van der Waals surface area contributed by atoms with Crippen molar-refractivity contribution in [2.24, 2.45) is 0 Å². The van der Waals surface area contributed by atoms with Gasteiger partial charge in [-0.1, -0.05) is 23.9 Å². The van der Waals surface area contributed by atoms with Gasteiger partial charge in [-0.05, 0) is 75.2 Å². The highest BCUT2D eigenvalue weighted by atomic mass is 32.2. The summed E-state index contributed by atoms with van der Waals surface area (Å²) in [6.45, 7) is 4.61. The molecule has 28 heavy (non-hydrogen) atoms. The van der Waals surface area contributed by atoms with Gasteiger partial charge < -0.3 is 10.6 Å². The molecule has 1 fully saturated rings. The van der Waals surface area contributed by atoms with Crippen LogP contribution in [0, 0.1) is 13.8 Å². The van der Waals surface area contributed by atoms with Crippen LogP contribution in [-0.4, -0.2) is 42.9 Å². The molecule has 0 atom stereocenters. The number of amides is 2. The molecule has 0 bridgehead atoms. The Hall–Kier alpha value is -2.31. The normalized spacial score (nSPS) is 13.4. The molecule has 0 radical (unpaired) electrons. The summed E-state index contributed by atoms with van der Waals surface area (Å²) in [5, 5.41) is 5.82. The first-order chi connectivity index (χ1) is 13.4. The third-order valence-electron chi connectivity index (χ3n) is 4.48. The van der Waals surface area contributed by atoms with Crippen molar-refractivity contribution in [3.8, 4) is 0 Å². The van der Waals surface area contributed by atoms with Crippen molar-refractivity contribution in [1.82, 2.24) is 10.2 Å². The molecule has 5 nitrogen and oxygen atoms in total. The first kappa shape index (κ1) is 20.4. The van der Waals surface area contributed by atoms with E-state index in [-0.39, 0.29) is 24.9 Å². The molecule has 2 aromatic rings. The van der Waals surface area contributed by atoms with E-state index in [9.17, 15) is 9.59 Å². The Kier molecular flexibility index (Phi) is 6.75. The average Bonchev–Trinajstić information content (AvgIpc) is 3.43. The molecule has 148 valence electrons. The van der Waals surface area contributed by atoms with E-state index >= 15 is 0 Å². The lowest BCUT2D eigenvalue weighted by atomic mass is 10.2. The van der Waals surface area contributed by atoms with E-state index in [0.29, 0.717) is 6.04 Å². The van der Waals surface area contributed by atoms with Crippen molar-refractivity contribution in [3.63, 3.8) is 0 Å². The maximum absolute atomic E-state index is 12.2. The number of benzene rings is 2. The Balaban J connectivity index is 1.48. The van der Waals surface area contributed by atoms with Crippen molar-refractivity contribution in [2.75, 3.05) is 25.5 Å². The molecule has 1 saturated carbocycles. The topological polar surface area (TPSA) is 61.4 Å². The molecule has 2 aromatic carbocycles. The lowest BCUT2D eigenvalue weighted by Crippen LogP contribution is -2.39. The van der Waals surface area contributed by atoms with Crippen molar-refractivity contribution in [3.05, 3.63) is 53.6 Å². The number of nitrogens with one attached hydrogen (secondary N) is 2. The van der Waals surface area contributed by atoms with Gasteiger partial charge in [0.1, 0.15) is 0 Å². The molecular weight excluding hydrogens is 370 g/mol. The Bertz CT molecular complexity index is 847. The highest BCUT2D eigenvalue weighted by molar-refractivity contribution is 7.99. The van der Waals surface area contributed by atoms with Crippen molar-refractivity contribution in [1.29, 1.82) is 0 Å². The zero-order valence-corrected chi connectivity index (χ0v) is 17.4. The third-order valence-corrected chi connectivity index (χ3v) is 5.65. The molecule has 0 aliphatic heterocycles. The summed E-state index contributed by atoms with van der Waals surface area (Å²) < 4.78 is 0. The smallest absolute Gasteiger partial charge is 0.238 e. The summed E-state index contributed by atoms with van der Waals surface area (Å²) in [6.07, 6.45) is 2.13. The third kappa shape index (κ3) is 6.39. The van der Waals surface area contributed by atoms with Crippen LogP contribution < -0.4 is 10.6 Å². The van der Waals surface area contributed by atoms with Crippen LogP contribution in [0.5, 0.6) is 0 Å². The number of hydrogen-bond acceptors (Lipinski definition) is 4. The lowest BCUT2D eigenvalue weighted by Gasteiger charge is -2.16. The minimum absolute atomic E-state index is 0.0226. The zero-order valence-electron chi connectivity index (χ0n) is 16.6. The highest BCUT2D eigenvalue weighted by Gasteiger charge is 2.23. The van der Waals surface area contributed by atoms with Crippen LogP contribution in [0.2, 0.25) is 0 Å². The Morgan fingerprint density at radius 1 is 1.04 bits per heavy atom. The molecule has 3 rings (SSSR count). The number of anilines is 1. The number of carbonyl (C=O) groups is 2. The van der Waals surface area contributed by atoms with E-state index in [1.165, 1.54) is 16.0 Å². The summed E-state index contributed by atoms with van der Waals surface area (Å²) >= 11 is 1.72. The molecule has 0 spiro atoms. The molecule has 0 aromatic heterocycles. The highest BCUT2D eigenvalue weighted by Crippen LogP contribution is 2.31. The fourth-order valence-corrected chi connectivity index (χ4v) is 3.80. The molecule has 0 unspecified atom stereocenters. The number of likely N-dealkylation sites (N-methyl/N-ethyl adjacent to an activating group) is 1. The first-order valence-corrected chi connectivity index (χ1v) is 10.3. The van der Waals surface area contributed by atoms with Crippen LogP contribution in [0.4, 0.5) is 5.69 Å². The van der Waals surface area contributed by atoms with E-state index in [4.69, 9.17) is 0 Å². The molecule has 6 heteroatoms. The van der Waals surface area contributed by atoms with Crippen LogP contribution in [0.25, 0.3) is 0 Å². The molecule has 0 saturated heterocycles. The van der Waals surface area contributed by atoms with Gasteiger partial charge in [0.2, 0.25) is 11.8 Å². The second kappa shape index (κ2) is 9.26. The van der Waals surface area contributed by atoms with Crippen LogP contribution in [0.15, 0.2) is 52.3 Å². The fourth-order valence-electron chi connectivity index (χ4n) is 2.80. The standard InChI is InChI=1S/C22H27N3O2S/c1-15-4-5-16(2)20(12-15)28-19-10-8-18(9-11-19)24-22(27)14-25(3)13-21(26)23-17-6-7-17/h4-5,8-12,17H,6-7,13-14H2,1-3H3,(H,23,26)(H,24,27). The van der Waals surface area contributed by atoms with E-state index in [2.05, 4.69) is 42.7 Å². The second-order valence-corrected chi connectivity index (χ2v) is 8.57. The van der Waals surface area contributed by atoms with Crippen molar-refractivity contribution in [2.45, 2.75) is 42.5 Å². The van der Waals surface area contributed by atoms with Gasteiger partial charge in [0.15, 0.2) is 0 Å². The predicted octanol–water partition coefficient (Wildman–Crippen LogP) is 3.60. The summed E-state index contributed by atoms with van der Waals surface area (Å²) in [4.78, 5) is 28.1. The maximum atomic E-state index is 12.2. The number of nitrogens with zero attached hydrogens (tertiary/aromatic N) is 1. The Morgan fingerprint density at radius 2 is 1.71 bits per heavy atom. The van der Waals surface area contributed by atoms with Gasteiger partial charge in [0.25, 0.3) is 0 Å². The fraction of sp³-hybridized carbons (Fsp3) is 0.364. The maximum Gasteiger partial charge on any atom is 0.238 e. The van der Waals surface area contributed by atoms with Gasteiger partial charge in [-0.2, -0.15) is 0 Å². The van der Waals surface area contributed by atoms with Crippen molar-refractivity contribution < 1.29 is 9.59 Å². The largest absolute Gasteiger partial charge is 0.352 e. The van der Waals surface area contributed by atoms with Gasteiger partial charge in [0.05, 0.1) is 13.1 Å². The van der Waals surface area contributed by atoms with Crippen LogP contribution in [0.1, 0.15) is 24.0 Å². The Labute approximate surface area is 170 Å². The quantitative estimate of drug-likeness (QED) is 0.714. The lowest BCUT2D eigenvalue weighted by molar-refractivity contribution is -0.123. The van der Waals surface area contributed by atoms with E-state index < -0.39 is 0 Å². The van der Waals surface area contributed by atoms with Gasteiger partial charge in [-0.3, -0.25) is 14.5 Å².